The lowest BCUT2D eigenvalue weighted by Crippen LogP contribution is -2.35. The molecule has 0 saturated carbocycles. The zero-order valence-electron chi connectivity index (χ0n) is 12.4. The highest BCUT2D eigenvalue weighted by atomic mass is 79.9. The fourth-order valence-corrected chi connectivity index (χ4v) is 1.91. The topological polar surface area (TPSA) is 36.9 Å². The van der Waals surface area contributed by atoms with Gasteiger partial charge in [0.2, 0.25) is 0 Å². The van der Waals surface area contributed by atoms with Crippen molar-refractivity contribution < 1.29 is 4.74 Å². The summed E-state index contributed by atoms with van der Waals surface area (Å²) in [5.41, 5.74) is 1.21. The zero-order chi connectivity index (χ0) is 13.7. The number of halogens is 1. The summed E-state index contributed by atoms with van der Waals surface area (Å²) in [5.74, 6) is 2.46. The average molecular weight is 342 g/mol. The van der Waals surface area contributed by atoms with Crippen molar-refractivity contribution in [2.24, 2.45) is 10.9 Å². The molecule has 1 N–H and O–H groups in total. The minimum atomic E-state index is 0. The van der Waals surface area contributed by atoms with Crippen LogP contribution in [-0.4, -0.2) is 37.6 Å². The van der Waals surface area contributed by atoms with Crippen molar-refractivity contribution in [3.05, 3.63) is 29.8 Å². The standard InChI is InChI=1S/C15H23N3O.BrH/c1-12(2)11-19-14-6-4-5-13(9-14)10-17-15-16-7-8-18(15)3;/h4-6,9,12H,7-8,10-11H2,1-3H3,(H,16,17);1H. The van der Waals surface area contributed by atoms with Gasteiger partial charge in [0.05, 0.1) is 13.2 Å². The molecule has 0 bridgehead atoms. The van der Waals surface area contributed by atoms with Gasteiger partial charge in [0.25, 0.3) is 0 Å². The van der Waals surface area contributed by atoms with Gasteiger partial charge >= 0.3 is 0 Å². The summed E-state index contributed by atoms with van der Waals surface area (Å²) in [6.07, 6.45) is 0. The van der Waals surface area contributed by atoms with E-state index in [1.165, 1.54) is 5.56 Å². The molecule has 0 aliphatic carbocycles. The second kappa shape index (κ2) is 8.15. The summed E-state index contributed by atoms with van der Waals surface area (Å²) in [6, 6.07) is 8.23. The Bertz CT molecular complexity index is 448. The number of likely N-dealkylation sites (N-methyl/N-ethyl adjacent to an activating group) is 1. The molecule has 2 rings (SSSR count). The number of aliphatic imine (C=N–C) groups is 1. The van der Waals surface area contributed by atoms with E-state index in [4.69, 9.17) is 4.74 Å². The van der Waals surface area contributed by atoms with Gasteiger partial charge in [0, 0.05) is 20.1 Å². The molecule has 1 aromatic carbocycles. The Hall–Kier alpha value is -1.23. The highest BCUT2D eigenvalue weighted by molar-refractivity contribution is 8.93. The van der Waals surface area contributed by atoms with Gasteiger partial charge in [-0.3, -0.25) is 4.99 Å². The highest BCUT2D eigenvalue weighted by Crippen LogP contribution is 2.14. The number of nitrogens with one attached hydrogen (secondary N) is 1. The van der Waals surface area contributed by atoms with Crippen LogP contribution >= 0.6 is 17.0 Å². The van der Waals surface area contributed by atoms with E-state index in [-0.39, 0.29) is 17.0 Å². The molecule has 112 valence electrons. The van der Waals surface area contributed by atoms with Crippen LogP contribution in [0.25, 0.3) is 0 Å². The van der Waals surface area contributed by atoms with Crippen molar-refractivity contribution in [2.45, 2.75) is 20.4 Å². The first kappa shape index (κ1) is 16.8. The molecule has 0 radical (unpaired) electrons. The summed E-state index contributed by atoms with van der Waals surface area (Å²) >= 11 is 0. The van der Waals surface area contributed by atoms with E-state index >= 15 is 0 Å². The molecular weight excluding hydrogens is 318 g/mol. The lowest BCUT2D eigenvalue weighted by Gasteiger charge is -2.15. The van der Waals surface area contributed by atoms with Gasteiger partial charge in [-0.05, 0) is 23.6 Å². The predicted molar refractivity (Wildman–Crippen MR) is 88.9 cm³/mol. The third-order valence-corrected chi connectivity index (χ3v) is 2.99. The van der Waals surface area contributed by atoms with E-state index in [1.807, 2.05) is 12.1 Å². The van der Waals surface area contributed by atoms with Crippen LogP contribution in [0.3, 0.4) is 0 Å². The van der Waals surface area contributed by atoms with Crippen LogP contribution in [0.5, 0.6) is 5.75 Å². The number of hydrogen-bond acceptors (Lipinski definition) is 4. The zero-order valence-corrected chi connectivity index (χ0v) is 14.1. The molecule has 20 heavy (non-hydrogen) atoms. The Morgan fingerprint density at radius 2 is 2.20 bits per heavy atom. The molecule has 0 fully saturated rings. The largest absolute Gasteiger partial charge is 0.493 e. The van der Waals surface area contributed by atoms with Gasteiger partial charge in [0.15, 0.2) is 5.96 Å². The fourth-order valence-electron chi connectivity index (χ4n) is 1.91. The first-order valence-electron chi connectivity index (χ1n) is 6.86. The first-order valence-corrected chi connectivity index (χ1v) is 6.86. The van der Waals surface area contributed by atoms with E-state index in [1.54, 1.807) is 0 Å². The predicted octanol–water partition coefficient (Wildman–Crippen LogP) is 2.69. The van der Waals surface area contributed by atoms with Gasteiger partial charge in [-0.1, -0.05) is 26.0 Å². The number of hydrogen-bond donors (Lipinski definition) is 1. The van der Waals surface area contributed by atoms with Crippen LogP contribution in [0.1, 0.15) is 19.4 Å². The molecule has 1 aromatic rings. The van der Waals surface area contributed by atoms with E-state index < -0.39 is 0 Å². The number of ether oxygens (including phenoxy) is 1. The molecule has 0 spiro atoms. The maximum Gasteiger partial charge on any atom is 0.194 e. The van der Waals surface area contributed by atoms with Crippen molar-refractivity contribution >= 4 is 22.9 Å². The van der Waals surface area contributed by atoms with Crippen molar-refractivity contribution in [3.8, 4) is 5.75 Å². The number of guanidine groups is 1. The Morgan fingerprint density at radius 3 is 2.85 bits per heavy atom. The Morgan fingerprint density at radius 1 is 1.40 bits per heavy atom. The molecule has 1 aliphatic rings. The third kappa shape index (κ3) is 5.04. The molecule has 5 heteroatoms. The van der Waals surface area contributed by atoms with Gasteiger partial charge in [0.1, 0.15) is 5.75 Å². The smallest absolute Gasteiger partial charge is 0.194 e. The second-order valence-corrected chi connectivity index (χ2v) is 5.33. The molecule has 0 aromatic heterocycles. The minimum absolute atomic E-state index is 0. The van der Waals surface area contributed by atoms with Gasteiger partial charge in [-0.25, -0.2) is 0 Å². The molecule has 1 aliphatic heterocycles. The maximum atomic E-state index is 5.73. The quantitative estimate of drug-likeness (QED) is 0.894. The van der Waals surface area contributed by atoms with Crippen LogP contribution in [0.15, 0.2) is 29.3 Å². The van der Waals surface area contributed by atoms with E-state index in [9.17, 15) is 0 Å². The van der Waals surface area contributed by atoms with E-state index in [2.05, 4.69) is 48.2 Å². The van der Waals surface area contributed by atoms with Crippen LogP contribution < -0.4 is 10.1 Å². The molecular formula is C15H24BrN3O. The summed E-state index contributed by atoms with van der Waals surface area (Å²) < 4.78 is 5.73. The molecule has 0 unspecified atom stereocenters. The summed E-state index contributed by atoms with van der Waals surface area (Å²) in [7, 11) is 2.06. The maximum absolute atomic E-state index is 5.73. The molecule has 0 amide bonds. The van der Waals surface area contributed by atoms with Crippen molar-refractivity contribution in [3.63, 3.8) is 0 Å². The Balaban J connectivity index is 0.00000200. The van der Waals surface area contributed by atoms with Crippen LogP contribution in [-0.2, 0) is 6.54 Å². The first-order chi connectivity index (χ1) is 9.15. The van der Waals surface area contributed by atoms with Crippen molar-refractivity contribution in [1.82, 2.24) is 10.2 Å². The van der Waals surface area contributed by atoms with Gasteiger partial charge in [-0.2, -0.15) is 0 Å². The van der Waals surface area contributed by atoms with Crippen LogP contribution in [0, 0.1) is 5.92 Å². The summed E-state index contributed by atoms with van der Waals surface area (Å²) in [5, 5.41) is 3.36. The van der Waals surface area contributed by atoms with E-state index in [0.717, 1.165) is 38.0 Å². The van der Waals surface area contributed by atoms with Gasteiger partial charge < -0.3 is 15.0 Å². The number of rotatable bonds is 5. The SMILES string of the molecule is Br.CC(C)COc1cccc(CNC2=NCCN2C)c1. The van der Waals surface area contributed by atoms with Crippen molar-refractivity contribution in [1.29, 1.82) is 0 Å². The highest BCUT2D eigenvalue weighted by Gasteiger charge is 2.11. The molecule has 0 saturated heterocycles. The normalized spacial score (nSPS) is 14.0. The molecule has 1 heterocycles. The van der Waals surface area contributed by atoms with Gasteiger partial charge in [-0.15, -0.1) is 17.0 Å². The van der Waals surface area contributed by atoms with E-state index in [0.29, 0.717) is 5.92 Å². The second-order valence-electron chi connectivity index (χ2n) is 5.33. The van der Waals surface area contributed by atoms with Crippen LogP contribution in [0.2, 0.25) is 0 Å². The fraction of sp³-hybridized carbons (Fsp3) is 0.533. The summed E-state index contributed by atoms with van der Waals surface area (Å²) in [4.78, 5) is 6.55. The van der Waals surface area contributed by atoms with Crippen molar-refractivity contribution in [2.75, 3.05) is 26.7 Å². The Kier molecular flexibility index (Phi) is 6.85. The number of nitrogens with zero attached hydrogens (tertiary/aromatic N) is 2. The monoisotopic (exact) mass is 341 g/mol. The van der Waals surface area contributed by atoms with Crippen LogP contribution in [0.4, 0.5) is 0 Å². The molecule has 4 nitrogen and oxygen atoms in total. The molecule has 0 atom stereocenters. The Labute approximate surface area is 132 Å². The minimum Gasteiger partial charge on any atom is -0.493 e. The number of benzene rings is 1. The lowest BCUT2D eigenvalue weighted by atomic mass is 10.2. The third-order valence-electron chi connectivity index (χ3n) is 2.99. The lowest BCUT2D eigenvalue weighted by molar-refractivity contribution is 0.271. The summed E-state index contributed by atoms with van der Waals surface area (Å²) in [6.45, 7) is 7.73. The average Bonchev–Trinajstić information content (AvgIpc) is 2.80.